The van der Waals surface area contributed by atoms with Crippen LogP contribution in [0.25, 0.3) is 11.0 Å². The molecule has 1 heterocycles. The van der Waals surface area contributed by atoms with Crippen LogP contribution in [0.2, 0.25) is 0 Å². The van der Waals surface area contributed by atoms with Gasteiger partial charge in [-0.1, -0.05) is 17.7 Å². The monoisotopic (exact) mass is 367 g/mol. The van der Waals surface area contributed by atoms with Gasteiger partial charge in [-0.05, 0) is 37.3 Å². The fourth-order valence-electron chi connectivity index (χ4n) is 2.45. The zero-order valence-electron chi connectivity index (χ0n) is 15.3. The quantitative estimate of drug-likeness (QED) is 0.601. The van der Waals surface area contributed by atoms with Crippen molar-refractivity contribution in [3.05, 3.63) is 70.6 Å². The Kier molecular flexibility index (Phi) is 5.76. The van der Waals surface area contributed by atoms with Crippen molar-refractivity contribution in [3.63, 3.8) is 0 Å². The van der Waals surface area contributed by atoms with E-state index in [0.717, 1.165) is 11.1 Å². The van der Waals surface area contributed by atoms with Crippen LogP contribution < -0.4 is 15.1 Å². The lowest BCUT2D eigenvalue weighted by atomic mass is 10.2. The molecule has 2 aromatic carbocycles. The minimum atomic E-state index is -0.427. The fourth-order valence-corrected chi connectivity index (χ4v) is 2.45. The molecule has 0 spiro atoms. The first-order chi connectivity index (χ1) is 13.0. The van der Waals surface area contributed by atoms with E-state index in [9.17, 15) is 9.59 Å². The molecule has 27 heavy (non-hydrogen) atoms. The summed E-state index contributed by atoms with van der Waals surface area (Å²) < 4.78 is 16.3. The van der Waals surface area contributed by atoms with Crippen molar-refractivity contribution in [2.45, 2.75) is 6.92 Å². The molecule has 0 saturated carbocycles. The van der Waals surface area contributed by atoms with Gasteiger partial charge < -0.3 is 18.8 Å². The number of rotatable bonds is 7. The summed E-state index contributed by atoms with van der Waals surface area (Å²) in [4.78, 5) is 25.0. The molecule has 6 heteroatoms. The smallest absolute Gasteiger partial charge is 0.336 e. The number of hydrogen-bond acceptors (Lipinski definition) is 5. The third-order valence-electron chi connectivity index (χ3n) is 4.10. The summed E-state index contributed by atoms with van der Waals surface area (Å²) in [6.45, 7) is 2.75. The highest BCUT2D eigenvalue weighted by molar-refractivity contribution is 5.79. The van der Waals surface area contributed by atoms with Gasteiger partial charge in [0.15, 0.2) is 6.61 Å². The molecule has 0 atom stereocenters. The van der Waals surface area contributed by atoms with Crippen molar-refractivity contribution in [2.24, 2.45) is 0 Å². The van der Waals surface area contributed by atoms with E-state index in [1.54, 1.807) is 36.2 Å². The zero-order valence-corrected chi connectivity index (χ0v) is 15.3. The van der Waals surface area contributed by atoms with Crippen LogP contribution in [-0.4, -0.2) is 37.6 Å². The first-order valence-corrected chi connectivity index (χ1v) is 8.61. The van der Waals surface area contributed by atoms with E-state index in [-0.39, 0.29) is 12.5 Å². The average Bonchev–Trinajstić information content (AvgIpc) is 2.67. The van der Waals surface area contributed by atoms with Crippen LogP contribution in [0.3, 0.4) is 0 Å². The Balaban J connectivity index is 1.48. The van der Waals surface area contributed by atoms with Gasteiger partial charge in [0.1, 0.15) is 23.7 Å². The molecule has 0 aliphatic heterocycles. The van der Waals surface area contributed by atoms with E-state index in [2.05, 4.69) is 0 Å². The van der Waals surface area contributed by atoms with Crippen molar-refractivity contribution in [1.29, 1.82) is 0 Å². The number of likely N-dealkylation sites (N-methyl/N-ethyl adjacent to an activating group) is 1. The molecule has 0 bridgehead atoms. The molecule has 1 aromatic heterocycles. The van der Waals surface area contributed by atoms with Gasteiger partial charge in [0.25, 0.3) is 5.91 Å². The Morgan fingerprint density at radius 2 is 1.70 bits per heavy atom. The summed E-state index contributed by atoms with van der Waals surface area (Å²) in [5.41, 5.74) is 1.16. The number of ether oxygens (including phenoxy) is 2. The molecule has 3 aromatic rings. The predicted molar refractivity (Wildman–Crippen MR) is 102 cm³/mol. The summed E-state index contributed by atoms with van der Waals surface area (Å²) in [5.74, 6) is 1.07. The van der Waals surface area contributed by atoms with Gasteiger partial charge in [0.05, 0.1) is 6.54 Å². The lowest BCUT2D eigenvalue weighted by Gasteiger charge is -2.18. The fraction of sp³-hybridized carbons (Fsp3) is 0.238. The van der Waals surface area contributed by atoms with Crippen LogP contribution in [0.5, 0.6) is 11.5 Å². The van der Waals surface area contributed by atoms with Gasteiger partial charge in [-0.15, -0.1) is 0 Å². The van der Waals surface area contributed by atoms with Crippen LogP contribution in [-0.2, 0) is 4.79 Å². The van der Waals surface area contributed by atoms with Crippen LogP contribution in [0.4, 0.5) is 0 Å². The lowest BCUT2D eigenvalue weighted by molar-refractivity contribution is -0.132. The molecule has 0 fully saturated rings. The topological polar surface area (TPSA) is 69.0 Å². The summed E-state index contributed by atoms with van der Waals surface area (Å²) >= 11 is 0. The summed E-state index contributed by atoms with van der Waals surface area (Å²) in [6, 6.07) is 15.9. The summed E-state index contributed by atoms with van der Waals surface area (Å²) in [5, 5.41) is 0.790. The zero-order chi connectivity index (χ0) is 19.2. The van der Waals surface area contributed by atoms with Crippen molar-refractivity contribution in [3.8, 4) is 11.5 Å². The van der Waals surface area contributed by atoms with Gasteiger partial charge in [-0.3, -0.25) is 4.79 Å². The van der Waals surface area contributed by atoms with Gasteiger partial charge in [-0.2, -0.15) is 0 Å². The number of benzene rings is 2. The van der Waals surface area contributed by atoms with E-state index in [1.165, 1.54) is 11.6 Å². The maximum absolute atomic E-state index is 12.2. The minimum Gasteiger partial charge on any atom is -0.492 e. The molecule has 0 aliphatic carbocycles. The first-order valence-electron chi connectivity index (χ1n) is 8.61. The molecule has 6 nitrogen and oxygen atoms in total. The number of amides is 1. The Morgan fingerprint density at radius 3 is 2.48 bits per heavy atom. The maximum atomic E-state index is 12.2. The maximum Gasteiger partial charge on any atom is 0.336 e. The Bertz CT molecular complexity index is 978. The van der Waals surface area contributed by atoms with Crippen molar-refractivity contribution < 1.29 is 18.7 Å². The second-order valence-electron chi connectivity index (χ2n) is 6.22. The largest absolute Gasteiger partial charge is 0.492 e. The molecule has 0 aliphatic rings. The van der Waals surface area contributed by atoms with Crippen molar-refractivity contribution >= 4 is 16.9 Å². The predicted octanol–water partition coefficient (Wildman–Crippen LogP) is 3.02. The van der Waals surface area contributed by atoms with Gasteiger partial charge >= 0.3 is 5.63 Å². The normalized spacial score (nSPS) is 10.6. The van der Waals surface area contributed by atoms with Crippen LogP contribution in [0, 0.1) is 6.92 Å². The van der Waals surface area contributed by atoms with E-state index in [1.807, 2.05) is 31.2 Å². The molecule has 1 amide bonds. The number of fused-ring (bicyclic) bond motifs is 1. The molecular formula is C21H21NO5. The molecule has 3 rings (SSSR count). The van der Waals surface area contributed by atoms with Gasteiger partial charge in [0.2, 0.25) is 0 Å². The SMILES string of the molecule is Cc1ccc(OCCN(C)C(=O)COc2ccc3ccc(=O)oc3c2)cc1. The van der Waals surface area contributed by atoms with Gasteiger partial charge in [-0.25, -0.2) is 4.79 Å². The van der Waals surface area contributed by atoms with Crippen molar-refractivity contribution in [1.82, 2.24) is 4.90 Å². The Morgan fingerprint density at radius 1 is 1.00 bits per heavy atom. The highest BCUT2D eigenvalue weighted by Gasteiger charge is 2.10. The number of nitrogens with zero attached hydrogens (tertiary/aromatic N) is 1. The van der Waals surface area contributed by atoms with Crippen LogP contribution >= 0.6 is 0 Å². The van der Waals surface area contributed by atoms with Crippen LogP contribution in [0.1, 0.15) is 5.56 Å². The summed E-state index contributed by atoms with van der Waals surface area (Å²) in [6.07, 6.45) is 0. The molecule has 0 radical (unpaired) electrons. The van der Waals surface area contributed by atoms with E-state index in [4.69, 9.17) is 13.9 Å². The second-order valence-corrected chi connectivity index (χ2v) is 6.22. The number of hydrogen-bond donors (Lipinski definition) is 0. The second kappa shape index (κ2) is 8.40. The van der Waals surface area contributed by atoms with Crippen LogP contribution in [0.15, 0.2) is 63.8 Å². The molecule has 0 N–H and O–H groups in total. The summed E-state index contributed by atoms with van der Waals surface area (Å²) in [7, 11) is 1.70. The molecule has 140 valence electrons. The molecule has 0 unspecified atom stereocenters. The number of aryl methyl sites for hydroxylation is 1. The highest BCUT2D eigenvalue weighted by Crippen LogP contribution is 2.19. The van der Waals surface area contributed by atoms with E-state index >= 15 is 0 Å². The lowest BCUT2D eigenvalue weighted by Crippen LogP contribution is -2.34. The Hall–Kier alpha value is -3.28. The highest BCUT2D eigenvalue weighted by atomic mass is 16.5. The third-order valence-corrected chi connectivity index (χ3v) is 4.10. The van der Waals surface area contributed by atoms with E-state index < -0.39 is 5.63 Å². The standard InChI is InChI=1S/C21H21NO5/c1-15-3-7-17(8-4-15)25-12-11-22(2)20(23)14-26-18-9-5-16-6-10-21(24)27-19(16)13-18/h3-10,13H,11-12,14H2,1-2H3. The number of carbonyl (C=O) groups is 1. The van der Waals surface area contributed by atoms with Crippen molar-refractivity contribution in [2.75, 3.05) is 26.8 Å². The minimum absolute atomic E-state index is 0.108. The third kappa shape index (κ3) is 5.10. The molecule has 0 saturated heterocycles. The first kappa shape index (κ1) is 18.5. The molecular weight excluding hydrogens is 346 g/mol. The van der Waals surface area contributed by atoms with E-state index in [0.29, 0.717) is 24.5 Å². The van der Waals surface area contributed by atoms with Gasteiger partial charge in [0, 0.05) is 24.6 Å². The average molecular weight is 367 g/mol. The Labute approximate surface area is 156 Å². The number of carbonyl (C=O) groups excluding carboxylic acids is 1.